The van der Waals surface area contributed by atoms with E-state index in [2.05, 4.69) is 43.5 Å². The average molecular weight is 783 g/mol. The largest absolute Gasteiger partial charge is 0.756 e. The smallest absolute Gasteiger partial charge is 0.268 e. The first-order valence-corrected chi connectivity index (χ1v) is 23.8. The van der Waals surface area contributed by atoms with Crippen molar-refractivity contribution in [2.45, 2.75) is 206 Å². The lowest BCUT2D eigenvalue weighted by Crippen LogP contribution is -2.45. The topological polar surface area (TPSA) is 108 Å². The van der Waals surface area contributed by atoms with Gasteiger partial charge in [0.25, 0.3) is 7.82 Å². The maximum Gasteiger partial charge on any atom is 0.268 e. The number of carbonyl (C=O) groups is 1. The molecule has 0 radical (unpaired) electrons. The molecule has 318 valence electrons. The molecule has 8 nitrogen and oxygen atoms in total. The number of rotatable bonds is 40. The predicted octanol–water partition coefficient (Wildman–Crippen LogP) is 11.7. The summed E-state index contributed by atoms with van der Waals surface area (Å²) in [5, 5.41) is 13.7. The molecule has 3 unspecified atom stereocenters. The second-order valence-electron chi connectivity index (χ2n) is 16.4. The Bertz CT molecular complexity index is 980. The minimum Gasteiger partial charge on any atom is -0.756 e. The lowest BCUT2D eigenvalue weighted by atomic mass is 10.0. The fourth-order valence-corrected chi connectivity index (χ4v) is 6.97. The van der Waals surface area contributed by atoms with E-state index in [1.54, 1.807) is 6.08 Å². The van der Waals surface area contributed by atoms with Crippen LogP contribution >= 0.6 is 7.82 Å². The summed E-state index contributed by atoms with van der Waals surface area (Å²) in [6, 6.07) is -0.904. The number of aliphatic hydroxyl groups is 1. The van der Waals surface area contributed by atoms with Gasteiger partial charge >= 0.3 is 0 Å². The van der Waals surface area contributed by atoms with Crippen LogP contribution in [0.5, 0.6) is 0 Å². The molecule has 0 aromatic rings. The molecule has 0 heterocycles. The van der Waals surface area contributed by atoms with Crippen molar-refractivity contribution in [1.82, 2.24) is 5.32 Å². The van der Waals surface area contributed by atoms with Crippen molar-refractivity contribution < 1.29 is 32.9 Å². The highest BCUT2D eigenvalue weighted by molar-refractivity contribution is 7.45. The summed E-state index contributed by atoms with van der Waals surface area (Å²) < 4.78 is 23.1. The molecular formula is C45H87N2O6P. The number of hydrogen-bond donors (Lipinski definition) is 2. The van der Waals surface area contributed by atoms with Crippen LogP contribution in [0.1, 0.15) is 194 Å². The molecular weight excluding hydrogens is 695 g/mol. The maximum atomic E-state index is 12.8. The molecule has 0 bridgehead atoms. The van der Waals surface area contributed by atoms with Gasteiger partial charge in [-0.2, -0.15) is 0 Å². The first kappa shape index (κ1) is 52.7. The van der Waals surface area contributed by atoms with Gasteiger partial charge in [-0.1, -0.05) is 179 Å². The van der Waals surface area contributed by atoms with Crippen LogP contribution in [-0.2, 0) is 18.4 Å². The van der Waals surface area contributed by atoms with Crippen molar-refractivity contribution in [3.63, 3.8) is 0 Å². The zero-order valence-electron chi connectivity index (χ0n) is 35.9. The molecule has 0 spiro atoms. The van der Waals surface area contributed by atoms with Crippen molar-refractivity contribution in [3.05, 3.63) is 36.5 Å². The Hall–Kier alpha value is -1.28. The van der Waals surface area contributed by atoms with Gasteiger partial charge in [-0.15, -0.1) is 0 Å². The number of phosphoric ester groups is 1. The van der Waals surface area contributed by atoms with Gasteiger partial charge in [-0.05, 0) is 44.9 Å². The summed E-state index contributed by atoms with van der Waals surface area (Å²) >= 11 is 0. The van der Waals surface area contributed by atoms with E-state index in [0.717, 1.165) is 44.9 Å². The van der Waals surface area contributed by atoms with E-state index in [1.807, 2.05) is 27.2 Å². The molecule has 0 aromatic heterocycles. The van der Waals surface area contributed by atoms with E-state index in [4.69, 9.17) is 9.05 Å². The van der Waals surface area contributed by atoms with Crippen LogP contribution in [0.15, 0.2) is 36.5 Å². The van der Waals surface area contributed by atoms with E-state index >= 15 is 0 Å². The van der Waals surface area contributed by atoms with Crippen molar-refractivity contribution in [1.29, 1.82) is 0 Å². The lowest BCUT2D eigenvalue weighted by Gasteiger charge is -2.29. The third kappa shape index (κ3) is 39.0. The van der Waals surface area contributed by atoms with Gasteiger partial charge in [0.1, 0.15) is 13.2 Å². The number of allylic oxidation sites excluding steroid dienone is 5. The van der Waals surface area contributed by atoms with Crippen molar-refractivity contribution in [2.75, 3.05) is 40.9 Å². The monoisotopic (exact) mass is 783 g/mol. The number of nitrogens with one attached hydrogen (secondary N) is 1. The number of carbonyl (C=O) groups excluding carboxylic acids is 1. The van der Waals surface area contributed by atoms with E-state index in [1.165, 1.54) is 128 Å². The lowest BCUT2D eigenvalue weighted by molar-refractivity contribution is -0.870. The third-order valence-electron chi connectivity index (χ3n) is 9.83. The van der Waals surface area contributed by atoms with Crippen LogP contribution in [0.4, 0.5) is 0 Å². The van der Waals surface area contributed by atoms with Gasteiger partial charge in [0.05, 0.1) is 39.9 Å². The molecule has 0 aliphatic heterocycles. The standard InChI is InChI=1S/C45H87N2O6P/c1-6-8-10-12-14-16-18-19-20-21-22-23-24-25-26-27-28-29-30-32-34-36-38-44(48)43(42-53-54(50,51)52-41-40-47(3,4)5)46-45(49)39-37-35-33-31-17-15-13-11-9-7-2/h25-26,29-30,36,38,43-44,48H,6-24,27-28,31-35,37,39-42H2,1-5H3,(H-,46,49,50,51)/b26-25+,30-29+,38-36+. The summed E-state index contributed by atoms with van der Waals surface area (Å²) in [5.74, 6) is -0.214. The minimum atomic E-state index is -4.59. The Morgan fingerprint density at radius 1 is 0.630 bits per heavy atom. The normalized spacial score (nSPS) is 14.7. The molecule has 0 aliphatic carbocycles. The molecule has 9 heteroatoms. The Labute approximate surface area is 334 Å². The summed E-state index contributed by atoms with van der Waals surface area (Å²) in [6.45, 7) is 4.59. The van der Waals surface area contributed by atoms with E-state index < -0.39 is 26.6 Å². The van der Waals surface area contributed by atoms with Crippen molar-refractivity contribution in [3.8, 4) is 0 Å². The minimum absolute atomic E-state index is 0.00815. The molecule has 1 amide bonds. The van der Waals surface area contributed by atoms with Gasteiger partial charge in [0.2, 0.25) is 5.91 Å². The summed E-state index contributed by atoms with van der Waals surface area (Å²) in [6.07, 6.45) is 44.9. The fraction of sp³-hybridized carbons (Fsp3) is 0.844. The summed E-state index contributed by atoms with van der Waals surface area (Å²) in [4.78, 5) is 25.2. The van der Waals surface area contributed by atoms with Crippen LogP contribution < -0.4 is 10.2 Å². The first-order valence-electron chi connectivity index (χ1n) is 22.4. The number of nitrogens with zero attached hydrogens (tertiary/aromatic N) is 1. The summed E-state index contributed by atoms with van der Waals surface area (Å²) in [5.41, 5.74) is 0. The van der Waals surface area contributed by atoms with Gasteiger partial charge < -0.3 is 28.8 Å². The number of unbranched alkanes of at least 4 members (excludes halogenated alkanes) is 23. The highest BCUT2D eigenvalue weighted by Crippen LogP contribution is 2.38. The number of phosphoric acid groups is 1. The molecule has 2 N–H and O–H groups in total. The zero-order chi connectivity index (χ0) is 40.0. The van der Waals surface area contributed by atoms with Crippen molar-refractivity contribution in [2.24, 2.45) is 0 Å². The van der Waals surface area contributed by atoms with Crippen molar-refractivity contribution >= 4 is 13.7 Å². The van der Waals surface area contributed by atoms with Crippen LogP contribution in [0.2, 0.25) is 0 Å². The molecule has 54 heavy (non-hydrogen) atoms. The fourth-order valence-electron chi connectivity index (χ4n) is 6.24. The number of aliphatic hydroxyl groups excluding tert-OH is 1. The SMILES string of the molecule is CCCCCCCCCCCCCC/C=C/CC/C=C/CC/C=C/C(O)C(COP(=O)([O-])OCC[N+](C)(C)C)NC(=O)CCCCCCCCCCCC. The third-order valence-corrected chi connectivity index (χ3v) is 10.8. The molecule has 0 aliphatic rings. The number of quaternary nitrogens is 1. The number of hydrogen-bond acceptors (Lipinski definition) is 6. The Balaban J connectivity index is 4.42. The van der Waals surface area contributed by atoms with E-state index in [9.17, 15) is 19.4 Å². The average Bonchev–Trinajstić information content (AvgIpc) is 3.12. The zero-order valence-corrected chi connectivity index (χ0v) is 36.8. The van der Waals surface area contributed by atoms with Gasteiger partial charge in [-0.25, -0.2) is 0 Å². The first-order chi connectivity index (χ1) is 26.0. The quantitative estimate of drug-likeness (QED) is 0.0277. The van der Waals surface area contributed by atoms with Crippen LogP contribution in [0.3, 0.4) is 0 Å². The number of amides is 1. The van der Waals surface area contributed by atoms with Gasteiger partial charge in [0.15, 0.2) is 0 Å². The van der Waals surface area contributed by atoms with E-state index in [-0.39, 0.29) is 12.5 Å². The number of likely N-dealkylation sites (N-methyl/N-ethyl adjacent to an activating group) is 1. The van der Waals surface area contributed by atoms with Gasteiger partial charge in [0, 0.05) is 6.42 Å². The maximum absolute atomic E-state index is 12.8. The van der Waals surface area contributed by atoms with E-state index in [0.29, 0.717) is 17.4 Å². The predicted molar refractivity (Wildman–Crippen MR) is 228 cm³/mol. The molecule has 3 atom stereocenters. The van der Waals surface area contributed by atoms with Crippen LogP contribution in [-0.4, -0.2) is 68.5 Å². The second-order valence-corrected chi connectivity index (χ2v) is 17.8. The molecule has 0 saturated carbocycles. The highest BCUT2D eigenvalue weighted by atomic mass is 31.2. The molecule has 0 aromatic carbocycles. The van der Waals surface area contributed by atoms with Crippen LogP contribution in [0.25, 0.3) is 0 Å². The Kier molecular flexibility index (Phi) is 36.4. The second kappa shape index (κ2) is 37.3. The molecule has 0 saturated heterocycles. The van der Waals surface area contributed by atoms with Crippen LogP contribution in [0, 0.1) is 0 Å². The molecule has 0 rings (SSSR count). The van der Waals surface area contributed by atoms with Gasteiger partial charge in [-0.3, -0.25) is 9.36 Å². The molecule has 0 fully saturated rings. The highest BCUT2D eigenvalue weighted by Gasteiger charge is 2.23. The Morgan fingerprint density at radius 3 is 1.50 bits per heavy atom. The summed E-state index contributed by atoms with van der Waals surface area (Å²) in [7, 11) is 1.24. The Morgan fingerprint density at radius 2 is 1.04 bits per heavy atom.